The first-order chi connectivity index (χ1) is 12.8. The summed E-state index contributed by atoms with van der Waals surface area (Å²) in [4.78, 5) is 17.3. The maximum Gasteiger partial charge on any atom is 0.432 e. The average Bonchev–Trinajstić information content (AvgIpc) is 3.25. The van der Waals surface area contributed by atoms with E-state index in [9.17, 15) is 18.0 Å². The number of aromatic nitrogens is 3. The molecule has 6 nitrogen and oxygen atoms in total. The molecule has 0 fully saturated rings. The van der Waals surface area contributed by atoms with Crippen LogP contribution < -0.4 is 4.74 Å². The van der Waals surface area contributed by atoms with Crippen molar-refractivity contribution in [2.24, 2.45) is 0 Å². The van der Waals surface area contributed by atoms with Gasteiger partial charge in [0.15, 0.2) is 5.69 Å². The average molecular weight is 399 g/mol. The molecule has 1 aromatic carbocycles. The van der Waals surface area contributed by atoms with Gasteiger partial charge in [-0.15, -0.1) is 0 Å². The minimum atomic E-state index is -4.58. The number of rotatable bonds is 2. The highest BCUT2D eigenvalue weighted by Crippen LogP contribution is 2.35. The van der Waals surface area contributed by atoms with Crippen molar-refractivity contribution in [2.45, 2.75) is 19.1 Å². The van der Waals surface area contributed by atoms with Gasteiger partial charge in [-0.2, -0.15) is 18.3 Å². The molecule has 2 N–H and O–H groups in total. The molecular weight excluding hydrogens is 385 g/mol. The number of carbonyl (C=O) groups excluding carboxylic acids is 1. The van der Waals surface area contributed by atoms with Gasteiger partial charge in [0.1, 0.15) is 11.4 Å². The summed E-state index contributed by atoms with van der Waals surface area (Å²) in [5.74, 6) is 0.0237. The van der Waals surface area contributed by atoms with Gasteiger partial charge in [0.2, 0.25) is 0 Å². The number of halogens is 4. The summed E-state index contributed by atoms with van der Waals surface area (Å²) in [6, 6.07) is 4.24. The normalized spacial score (nSPS) is 14.5. The molecule has 1 aliphatic rings. The number of benzene rings is 1. The number of fused-ring (bicyclic) bond motifs is 3. The van der Waals surface area contributed by atoms with E-state index in [2.05, 4.69) is 10.1 Å². The third-order valence-electron chi connectivity index (χ3n) is 4.64. The van der Waals surface area contributed by atoms with Crippen LogP contribution in [0.5, 0.6) is 5.75 Å². The summed E-state index contributed by atoms with van der Waals surface area (Å²) in [6.07, 6.45) is -4.05. The Kier molecular flexibility index (Phi) is 4.06. The molecule has 0 saturated heterocycles. The summed E-state index contributed by atoms with van der Waals surface area (Å²) in [5.41, 5.74) is 1.25. The van der Waals surface area contributed by atoms with Crippen molar-refractivity contribution in [3.05, 3.63) is 45.9 Å². The number of hydrogen-bond donors (Lipinski definition) is 2. The maximum atomic E-state index is 12.7. The minimum Gasteiger partial charge on any atom is -0.497 e. The van der Waals surface area contributed by atoms with E-state index in [1.54, 1.807) is 6.07 Å². The summed E-state index contributed by atoms with van der Waals surface area (Å²) in [5, 5.41) is 6.71. The Bertz CT molecular complexity index is 1040. The second kappa shape index (κ2) is 6.19. The second-order valence-corrected chi connectivity index (χ2v) is 6.66. The molecule has 3 heterocycles. The van der Waals surface area contributed by atoms with Crippen LogP contribution in [0, 0.1) is 0 Å². The van der Waals surface area contributed by atoms with E-state index in [1.165, 1.54) is 12.0 Å². The molecule has 0 atom stereocenters. The van der Waals surface area contributed by atoms with Crippen LogP contribution >= 0.6 is 11.6 Å². The Morgan fingerprint density at radius 3 is 2.78 bits per heavy atom. The van der Waals surface area contributed by atoms with Crippen LogP contribution in [0.1, 0.15) is 27.4 Å². The largest absolute Gasteiger partial charge is 0.497 e. The van der Waals surface area contributed by atoms with Crippen LogP contribution in [0.25, 0.3) is 10.9 Å². The van der Waals surface area contributed by atoms with Crippen molar-refractivity contribution in [1.29, 1.82) is 0 Å². The molecule has 0 saturated carbocycles. The first-order valence-electron chi connectivity index (χ1n) is 8.06. The number of hydrogen-bond acceptors (Lipinski definition) is 3. The van der Waals surface area contributed by atoms with Crippen LogP contribution in [-0.2, 0) is 19.1 Å². The minimum absolute atomic E-state index is 0.242. The zero-order chi connectivity index (χ0) is 19.3. The fourth-order valence-electron chi connectivity index (χ4n) is 3.28. The number of aromatic amines is 2. The van der Waals surface area contributed by atoms with E-state index < -0.39 is 17.8 Å². The molecule has 1 amide bonds. The SMILES string of the molecule is COc1cc(Cl)c2[nH]c3c(c2c1)CN(C(=O)c1cc(C(F)(F)F)[nH]n1)CC3. The van der Waals surface area contributed by atoms with Crippen molar-refractivity contribution in [3.63, 3.8) is 0 Å². The highest BCUT2D eigenvalue weighted by molar-refractivity contribution is 6.35. The Balaban J connectivity index is 1.66. The van der Waals surface area contributed by atoms with E-state index in [0.29, 0.717) is 23.7 Å². The molecule has 142 valence electrons. The predicted molar refractivity (Wildman–Crippen MR) is 91.9 cm³/mol. The van der Waals surface area contributed by atoms with E-state index in [-0.39, 0.29) is 12.2 Å². The van der Waals surface area contributed by atoms with Gasteiger partial charge in [-0.3, -0.25) is 9.89 Å². The van der Waals surface area contributed by atoms with E-state index >= 15 is 0 Å². The van der Waals surface area contributed by atoms with E-state index in [1.807, 2.05) is 11.2 Å². The van der Waals surface area contributed by atoms with Gasteiger partial charge in [0.05, 0.1) is 17.6 Å². The zero-order valence-corrected chi connectivity index (χ0v) is 14.8. The Morgan fingerprint density at radius 2 is 2.11 bits per heavy atom. The molecule has 0 aliphatic carbocycles. The van der Waals surface area contributed by atoms with Crippen LogP contribution in [0.3, 0.4) is 0 Å². The van der Waals surface area contributed by atoms with Crippen molar-refractivity contribution in [2.75, 3.05) is 13.7 Å². The van der Waals surface area contributed by atoms with E-state index in [0.717, 1.165) is 28.2 Å². The quantitative estimate of drug-likeness (QED) is 0.690. The lowest BCUT2D eigenvalue weighted by Crippen LogP contribution is -2.36. The standard InChI is InChI=1S/C17H14ClF3N4O2/c1-27-8-4-9-10-7-25(3-2-12(10)22-15(9)11(18)5-8)16(26)13-6-14(24-23-13)17(19,20)21/h4-6,22H,2-3,7H2,1H3,(H,23,24). The molecule has 27 heavy (non-hydrogen) atoms. The smallest absolute Gasteiger partial charge is 0.432 e. The number of ether oxygens (including phenoxy) is 1. The molecule has 0 radical (unpaired) electrons. The zero-order valence-electron chi connectivity index (χ0n) is 14.1. The van der Waals surface area contributed by atoms with Crippen LogP contribution in [0.15, 0.2) is 18.2 Å². The van der Waals surface area contributed by atoms with Crippen LogP contribution in [0.2, 0.25) is 5.02 Å². The topological polar surface area (TPSA) is 74.0 Å². The third-order valence-corrected chi connectivity index (χ3v) is 4.93. The fourth-order valence-corrected chi connectivity index (χ4v) is 3.53. The highest BCUT2D eigenvalue weighted by atomic mass is 35.5. The van der Waals surface area contributed by atoms with Gasteiger partial charge in [0.25, 0.3) is 5.91 Å². The number of amides is 1. The number of nitrogens with zero attached hydrogens (tertiary/aromatic N) is 2. The lowest BCUT2D eigenvalue weighted by Gasteiger charge is -2.26. The lowest BCUT2D eigenvalue weighted by atomic mass is 10.0. The Morgan fingerprint density at radius 1 is 1.33 bits per heavy atom. The molecule has 1 aliphatic heterocycles. The fraction of sp³-hybridized carbons (Fsp3) is 0.294. The van der Waals surface area contributed by atoms with Crippen LogP contribution in [-0.4, -0.2) is 39.6 Å². The van der Waals surface area contributed by atoms with Gasteiger partial charge >= 0.3 is 6.18 Å². The van der Waals surface area contributed by atoms with Gasteiger partial charge in [-0.1, -0.05) is 11.6 Å². The first kappa shape index (κ1) is 17.7. The van der Waals surface area contributed by atoms with Gasteiger partial charge < -0.3 is 14.6 Å². The van der Waals surface area contributed by atoms with Crippen molar-refractivity contribution < 1.29 is 22.7 Å². The summed E-state index contributed by atoms with van der Waals surface area (Å²) in [7, 11) is 1.53. The molecule has 0 spiro atoms. The number of carbonyl (C=O) groups is 1. The lowest BCUT2D eigenvalue weighted by molar-refractivity contribution is -0.141. The second-order valence-electron chi connectivity index (χ2n) is 6.26. The molecule has 4 rings (SSSR count). The van der Waals surface area contributed by atoms with Gasteiger partial charge in [0, 0.05) is 48.3 Å². The molecule has 2 aromatic heterocycles. The van der Waals surface area contributed by atoms with Crippen molar-refractivity contribution in [1.82, 2.24) is 20.1 Å². The Hall–Kier alpha value is -2.68. The summed E-state index contributed by atoms with van der Waals surface area (Å²) < 4.78 is 43.4. The molecule has 3 aromatic rings. The summed E-state index contributed by atoms with van der Waals surface area (Å²) in [6.45, 7) is 0.605. The monoisotopic (exact) mass is 398 g/mol. The summed E-state index contributed by atoms with van der Waals surface area (Å²) >= 11 is 6.29. The number of nitrogens with one attached hydrogen (secondary N) is 2. The van der Waals surface area contributed by atoms with Gasteiger partial charge in [-0.05, 0) is 6.07 Å². The maximum absolute atomic E-state index is 12.7. The van der Waals surface area contributed by atoms with E-state index in [4.69, 9.17) is 16.3 Å². The molecule has 0 bridgehead atoms. The number of methoxy groups -OCH3 is 1. The predicted octanol–water partition coefficient (Wildman–Crippen LogP) is 3.77. The van der Waals surface area contributed by atoms with Crippen molar-refractivity contribution >= 4 is 28.4 Å². The number of H-pyrrole nitrogens is 2. The molecular formula is C17H14ClF3N4O2. The highest BCUT2D eigenvalue weighted by Gasteiger charge is 2.35. The number of alkyl halides is 3. The van der Waals surface area contributed by atoms with Gasteiger partial charge in [-0.25, -0.2) is 0 Å². The first-order valence-corrected chi connectivity index (χ1v) is 8.44. The Labute approximate surface area is 156 Å². The van der Waals surface area contributed by atoms with Crippen LogP contribution in [0.4, 0.5) is 13.2 Å². The third kappa shape index (κ3) is 3.01. The molecule has 10 heteroatoms. The van der Waals surface area contributed by atoms with Crippen molar-refractivity contribution in [3.8, 4) is 5.75 Å². The molecule has 0 unspecified atom stereocenters.